The summed E-state index contributed by atoms with van der Waals surface area (Å²) >= 11 is 0. The van der Waals surface area contributed by atoms with Gasteiger partial charge in [0, 0.05) is 45.7 Å². The van der Waals surface area contributed by atoms with Gasteiger partial charge in [-0.25, -0.2) is 0 Å². The van der Waals surface area contributed by atoms with Gasteiger partial charge in [-0.15, -0.1) is 0 Å². The molecule has 7 heteroatoms. The topological polar surface area (TPSA) is 58.7 Å². The van der Waals surface area contributed by atoms with Crippen molar-refractivity contribution in [3.05, 3.63) is 0 Å². The summed E-state index contributed by atoms with van der Waals surface area (Å²) in [5, 5.41) is 0. The Labute approximate surface area is 135 Å². The SMILES string of the molecule is CCO[Si](CCCOCCCOCC1CO1)(OCC)OCC. The van der Waals surface area contributed by atoms with Crippen LogP contribution in [0.5, 0.6) is 0 Å². The van der Waals surface area contributed by atoms with Gasteiger partial charge in [-0.2, -0.15) is 0 Å². The lowest BCUT2D eigenvalue weighted by atomic mass is 10.4. The summed E-state index contributed by atoms with van der Waals surface area (Å²) in [5.41, 5.74) is 0. The first-order valence-corrected chi connectivity index (χ1v) is 10.4. The fraction of sp³-hybridized carbons (Fsp3) is 1.00. The van der Waals surface area contributed by atoms with E-state index in [1.54, 1.807) is 0 Å². The smallest absolute Gasteiger partial charge is 0.381 e. The Bertz CT molecular complexity index is 245. The molecule has 0 aromatic rings. The quantitative estimate of drug-likeness (QED) is 0.245. The Balaban J connectivity index is 2.02. The molecular formula is C15H32O6Si. The molecule has 0 bridgehead atoms. The Kier molecular flexibility index (Phi) is 11.3. The third kappa shape index (κ3) is 9.19. The van der Waals surface area contributed by atoms with Gasteiger partial charge in [0.1, 0.15) is 6.10 Å². The Morgan fingerprint density at radius 3 is 1.95 bits per heavy atom. The Morgan fingerprint density at radius 2 is 1.41 bits per heavy atom. The maximum Gasteiger partial charge on any atom is 0.501 e. The first kappa shape index (κ1) is 20.0. The normalized spacial score (nSPS) is 17.9. The van der Waals surface area contributed by atoms with Crippen LogP contribution in [0, 0.1) is 0 Å². The van der Waals surface area contributed by atoms with Gasteiger partial charge in [0.2, 0.25) is 0 Å². The molecule has 1 saturated heterocycles. The standard InChI is InChI=1S/C15H32O6Si/c1-4-19-22(20-5-2,21-6-3)12-8-11-16-9-7-10-17-13-15-14-18-15/h15H,4-14H2,1-3H3. The second-order valence-electron chi connectivity index (χ2n) is 5.08. The fourth-order valence-corrected chi connectivity index (χ4v) is 4.72. The maximum atomic E-state index is 5.81. The molecule has 1 rings (SSSR count). The Morgan fingerprint density at radius 1 is 0.864 bits per heavy atom. The molecule has 0 aromatic heterocycles. The average molecular weight is 337 g/mol. The van der Waals surface area contributed by atoms with Crippen LogP contribution >= 0.6 is 0 Å². The molecule has 132 valence electrons. The zero-order valence-corrected chi connectivity index (χ0v) is 15.3. The van der Waals surface area contributed by atoms with Crippen LogP contribution in [0.15, 0.2) is 0 Å². The molecule has 0 spiro atoms. The zero-order valence-electron chi connectivity index (χ0n) is 14.3. The average Bonchev–Trinajstić information content (AvgIpc) is 3.30. The van der Waals surface area contributed by atoms with E-state index in [0.717, 1.165) is 38.7 Å². The number of ether oxygens (including phenoxy) is 3. The Hall–Kier alpha value is -0.0231. The highest BCUT2D eigenvalue weighted by molar-refractivity contribution is 6.60. The van der Waals surface area contributed by atoms with E-state index in [9.17, 15) is 0 Å². The van der Waals surface area contributed by atoms with Crippen molar-refractivity contribution in [3.8, 4) is 0 Å². The molecule has 1 heterocycles. The van der Waals surface area contributed by atoms with E-state index >= 15 is 0 Å². The van der Waals surface area contributed by atoms with Gasteiger partial charge < -0.3 is 27.5 Å². The summed E-state index contributed by atoms with van der Waals surface area (Å²) in [5.74, 6) is 0. The third-order valence-corrected chi connectivity index (χ3v) is 6.30. The van der Waals surface area contributed by atoms with Crippen LogP contribution in [0.25, 0.3) is 0 Å². The van der Waals surface area contributed by atoms with Crippen molar-refractivity contribution in [2.75, 3.05) is 52.9 Å². The van der Waals surface area contributed by atoms with Crippen molar-refractivity contribution >= 4 is 8.80 Å². The highest BCUT2D eigenvalue weighted by atomic mass is 28.4. The molecule has 0 aromatic carbocycles. The molecule has 6 nitrogen and oxygen atoms in total. The van der Waals surface area contributed by atoms with E-state index in [2.05, 4.69) is 0 Å². The minimum Gasteiger partial charge on any atom is -0.381 e. The summed E-state index contributed by atoms with van der Waals surface area (Å²) < 4.78 is 33.6. The van der Waals surface area contributed by atoms with E-state index in [1.807, 2.05) is 20.8 Å². The molecule has 1 aliphatic rings. The van der Waals surface area contributed by atoms with Crippen molar-refractivity contribution < 1.29 is 27.5 Å². The molecule has 0 saturated carbocycles. The highest BCUT2D eigenvalue weighted by Gasteiger charge is 2.39. The monoisotopic (exact) mass is 336 g/mol. The molecule has 22 heavy (non-hydrogen) atoms. The van der Waals surface area contributed by atoms with Gasteiger partial charge in [-0.3, -0.25) is 0 Å². The first-order chi connectivity index (χ1) is 10.8. The number of hydrogen-bond donors (Lipinski definition) is 0. The van der Waals surface area contributed by atoms with Crippen molar-refractivity contribution in [1.29, 1.82) is 0 Å². The minimum absolute atomic E-state index is 0.342. The van der Waals surface area contributed by atoms with Crippen molar-refractivity contribution in [2.45, 2.75) is 45.8 Å². The zero-order chi connectivity index (χ0) is 16.1. The molecule has 0 amide bonds. The summed E-state index contributed by atoms with van der Waals surface area (Å²) in [4.78, 5) is 0. The van der Waals surface area contributed by atoms with Gasteiger partial charge in [0.25, 0.3) is 0 Å². The lowest BCUT2D eigenvalue weighted by Gasteiger charge is -2.28. The maximum absolute atomic E-state index is 5.81. The summed E-state index contributed by atoms with van der Waals surface area (Å²) in [6.07, 6.45) is 2.15. The van der Waals surface area contributed by atoms with Crippen molar-refractivity contribution in [3.63, 3.8) is 0 Å². The van der Waals surface area contributed by atoms with Crippen LogP contribution in [0.4, 0.5) is 0 Å². The van der Waals surface area contributed by atoms with E-state index in [4.69, 9.17) is 27.5 Å². The van der Waals surface area contributed by atoms with E-state index in [1.165, 1.54) is 0 Å². The minimum atomic E-state index is -2.50. The molecule has 1 unspecified atom stereocenters. The van der Waals surface area contributed by atoms with Gasteiger partial charge in [0.15, 0.2) is 0 Å². The number of epoxide rings is 1. The van der Waals surface area contributed by atoms with Gasteiger partial charge in [-0.1, -0.05) is 0 Å². The number of rotatable bonds is 16. The van der Waals surface area contributed by atoms with Crippen molar-refractivity contribution in [2.24, 2.45) is 0 Å². The number of hydrogen-bond acceptors (Lipinski definition) is 6. The van der Waals surface area contributed by atoms with Gasteiger partial charge >= 0.3 is 8.80 Å². The third-order valence-electron chi connectivity index (χ3n) is 3.15. The first-order valence-electron chi connectivity index (χ1n) is 8.45. The predicted octanol–water partition coefficient (Wildman–Crippen LogP) is 2.25. The van der Waals surface area contributed by atoms with E-state index in [-0.39, 0.29) is 0 Å². The van der Waals surface area contributed by atoms with E-state index < -0.39 is 8.80 Å². The molecule has 0 aliphatic carbocycles. The van der Waals surface area contributed by atoms with Crippen LogP contribution < -0.4 is 0 Å². The van der Waals surface area contributed by atoms with Gasteiger partial charge in [0.05, 0.1) is 13.2 Å². The second-order valence-corrected chi connectivity index (χ2v) is 7.81. The lowest BCUT2D eigenvalue weighted by Crippen LogP contribution is -2.46. The fourth-order valence-electron chi connectivity index (χ4n) is 2.14. The summed E-state index contributed by atoms with van der Waals surface area (Å²) in [6.45, 7) is 11.5. The van der Waals surface area contributed by atoms with Crippen molar-refractivity contribution in [1.82, 2.24) is 0 Å². The summed E-state index contributed by atoms with van der Waals surface area (Å²) in [6, 6.07) is 0.804. The second kappa shape index (κ2) is 12.4. The molecule has 1 aliphatic heterocycles. The molecule has 0 radical (unpaired) electrons. The van der Waals surface area contributed by atoms with Crippen LogP contribution in [-0.2, 0) is 27.5 Å². The van der Waals surface area contributed by atoms with Crippen LogP contribution in [-0.4, -0.2) is 67.8 Å². The van der Waals surface area contributed by atoms with Crippen LogP contribution in [0.1, 0.15) is 33.6 Å². The molecule has 0 N–H and O–H groups in total. The lowest BCUT2D eigenvalue weighted by molar-refractivity contribution is 0.0602. The highest BCUT2D eigenvalue weighted by Crippen LogP contribution is 2.18. The molecule has 1 fully saturated rings. The summed E-state index contributed by atoms with van der Waals surface area (Å²) in [7, 11) is -2.50. The van der Waals surface area contributed by atoms with Crippen LogP contribution in [0.3, 0.4) is 0 Å². The van der Waals surface area contributed by atoms with Crippen LogP contribution in [0.2, 0.25) is 6.04 Å². The largest absolute Gasteiger partial charge is 0.501 e. The van der Waals surface area contributed by atoms with E-state index in [0.29, 0.717) is 39.1 Å². The molecule has 1 atom stereocenters. The van der Waals surface area contributed by atoms with Gasteiger partial charge in [-0.05, 0) is 33.6 Å². The predicted molar refractivity (Wildman–Crippen MR) is 86.1 cm³/mol. The molecular weight excluding hydrogens is 304 g/mol.